The van der Waals surface area contributed by atoms with Gasteiger partial charge in [-0.1, -0.05) is 17.7 Å². The quantitative estimate of drug-likeness (QED) is 0.169. The number of aromatic nitrogens is 5. The molecule has 1 atom stereocenters. The molecule has 0 spiro atoms. The Hall–Kier alpha value is -5.04. The number of carboxylic acids is 1. The molecule has 3 aromatic carbocycles. The third kappa shape index (κ3) is 9.23. The summed E-state index contributed by atoms with van der Waals surface area (Å²) in [5, 5.41) is 25.7. The molecule has 3 aliphatic rings. The Morgan fingerprint density at radius 2 is 1.74 bits per heavy atom. The topological polar surface area (TPSA) is 138 Å². The number of nitrogens with one attached hydrogen (secondary N) is 1. The van der Waals surface area contributed by atoms with Crippen molar-refractivity contribution in [2.45, 2.75) is 56.0 Å². The third-order valence-corrected chi connectivity index (χ3v) is 15.4. The molecular formula is C47H57ClN10O5S2. The molecule has 18 heteroatoms. The van der Waals surface area contributed by atoms with Crippen LogP contribution in [0.4, 0.5) is 11.4 Å². The molecule has 344 valence electrons. The maximum atomic E-state index is 13.2. The van der Waals surface area contributed by atoms with E-state index < -0.39 is 17.1 Å². The number of fused-ring (bicyclic) bond motifs is 8. The van der Waals surface area contributed by atoms with E-state index in [1.165, 1.54) is 5.56 Å². The molecule has 6 aromatic rings. The highest BCUT2D eigenvalue weighted by Gasteiger charge is 2.30. The van der Waals surface area contributed by atoms with Crippen LogP contribution in [-0.2, 0) is 70.6 Å². The van der Waals surface area contributed by atoms with Crippen LogP contribution in [0.25, 0.3) is 22.0 Å². The summed E-state index contributed by atoms with van der Waals surface area (Å²) in [5.41, 5.74) is 10.3. The monoisotopic (exact) mass is 940 g/mol. The van der Waals surface area contributed by atoms with Gasteiger partial charge in [0.25, 0.3) is 0 Å². The van der Waals surface area contributed by atoms with Crippen LogP contribution < -0.4 is 19.7 Å². The maximum Gasteiger partial charge on any atom is 0.352 e. The minimum Gasteiger partial charge on any atom is -0.491 e. The van der Waals surface area contributed by atoms with E-state index >= 15 is 0 Å². The number of hydrogen-bond acceptors (Lipinski definition) is 10. The van der Waals surface area contributed by atoms with Gasteiger partial charge in [0.2, 0.25) is 0 Å². The fourth-order valence-corrected chi connectivity index (χ4v) is 11.7. The van der Waals surface area contributed by atoms with Gasteiger partial charge < -0.3 is 29.4 Å². The number of piperazine rings is 1. The average Bonchev–Trinajstić information content (AvgIpc) is 3.90. The van der Waals surface area contributed by atoms with E-state index in [-0.39, 0.29) is 12.3 Å². The van der Waals surface area contributed by atoms with Gasteiger partial charge in [0.05, 0.1) is 34.2 Å². The lowest BCUT2D eigenvalue weighted by Gasteiger charge is -2.36. The SMILES string of the molecule is CN1Cc2cc(n(C)n2)CSc2cc3c(c(c2)OCCCc2c(C(=O)O)n(C)c4c(c(Cl)ccc24)-c2c(COc4ccc(N5CCN(S(=O)N(C)C)CC5)cc4)nn(C)c2C1)NCCC3. The first kappa shape index (κ1) is 45.1. The summed E-state index contributed by atoms with van der Waals surface area (Å²) in [7, 11) is 11.5. The zero-order valence-corrected chi connectivity index (χ0v) is 40.3. The number of rotatable bonds is 7. The zero-order chi connectivity index (χ0) is 45.5. The van der Waals surface area contributed by atoms with Gasteiger partial charge >= 0.3 is 5.97 Å². The highest BCUT2D eigenvalue weighted by Crippen LogP contribution is 2.43. The number of carboxylic acid groups (broad SMARTS) is 1. The van der Waals surface area contributed by atoms with Gasteiger partial charge in [-0.25, -0.2) is 17.6 Å². The molecule has 0 aliphatic carbocycles. The molecular weight excluding hydrogens is 884 g/mol. The molecule has 3 aliphatic heterocycles. The molecule has 9 rings (SSSR count). The molecule has 6 heterocycles. The Kier molecular flexibility index (Phi) is 13.2. The first-order valence-electron chi connectivity index (χ1n) is 22.1. The summed E-state index contributed by atoms with van der Waals surface area (Å²) in [6, 6.07) is 18.5. The van der Waals surface area contributed by atoms with Crippen molar-refractivity contribution in [3.8, 4) is 22.6 Å². The fourth-order valence-electron chi connectivity index (χ4n) is 9.49. The highest BCUT2D eigenvalue weighted by atomic mass is 35.5. The summed E-state index contributed by atoms with van der Waals surface area (Å²) in [4.78, 5) is 18.8. The summed E-state index contributed by atoms with van der Waals surface area (Å²) in [5.74, 6) is 1.27. The lowest BCUT2D eigenvalue weighted by atomic mass is 9.97. The van der Waals surface area contributed by atoms with E-state index in [2.05, 4.69) is 52.5 Å². The molecule has 2 N–H and O–H groups in total. The van der Waals surface area contributed by atoms with Gasteiger partial charge in [-0.05, 0) is 92.4 Å². The standard InChI is InChI=1S/C47H57ClN10O5S2/c1-52(2)65(61)58-20-18-57(19-21-58)32-11-13-34(14-12-32)63-28-39-43-40(56(6)51-39)27-53(3)26-31-24-33(55(5)50-31)29-64-35-23-30-9-7-17-49-44(30)41(25-35)62-22-8-10-36-37-15-16-38(48)42(43)45(37)54(4)46(36)47(59)60/h11-16,23-25,49H,7-10,17-22,26-29H2,1-6H3,(H,59,60). The van der Waals surface area contributed by atoms with E-state index in [1.54, 1.807) is 20.6 Å². The van der Waals surface area contributed by atoms with Crippen molar-refractivity contribution >= 4 is 62.8 Å². The van der Waals surface area contributed by atoms with Crippen molar-refractivity contribution in [2.75, 3.05) is 70.7 Å². The number of ether oxygens (including phenoxy) is 2. The van der Waals surface area contributed by atoms with Gasteiger partial charge in [0, 0.05) is 120 Å². The van der Waals surface area contributed by atoms with E-state index in [0.29, 0.717) is 67.7 Å². The van der Waals surface area contributed by atoms with E-state index in [9.17, 15) is 14.1 Å². The van der Waals surface area contributed by atoms with Gasteiger partial charge in [-0.2, -0.15) is 10.2 Å². The molecule has 0 amide bonds. The predicted octanol–water partition coefficient (Wildman–Crippen LogP) is 7.11. The molecule has 3 aromatic heterocycles. The van der Waals surface area contributed by atoms with E-state index in [4.69, 9.17) is 31.3 Å². The van der Waals surface area contributed by atoms with Crippen molar-refractivity contribution < 1.29 is 23.6 Å². The summed E-state index contributed by atoms with van der Waals surface area (Å²) in [6.45, 7) is 5.51. The lowest BCUT2D eigenvalue weighted by molar-refractivity contribution is 0.0685. The van der Waals surface area contributed by atoms with E-state index in [0.717, 1.165) is 99.4 Å². The predicted molar refractivity (Wildman–Crippen MR) is 258 cm³/mol. The number of aryl methyl sites for hydroxylation is 5. The van der Waals surface area contributed by atoms with Gasteiger partial charge in [-0.3, -0.25) is 14.3 Å². The van der Waals surface area contributed by atoms with Gasteiger partial charge in [0.1, 0.15) is 29.5 Å². The summed E-state index contributed by atoms with van der Waals surface area (Å²) in [6.07, 6.45) is 3.15. The van der Waals surface area contributed by atoms with Crippen molar-refractivity contribution in [3.05, 3.63) is 99.2 Å². The number of nitrogens with zero attached hydrogens (tertiary/aromatic N) is 9. The zero-order valence-electron chi connectivity index (χ0n) is 37.9. The van der Waals surface area contributed by atoms with Crippen molar-refractivity contribution in [3.63, 3.8) is 0 Å². The number of aromatic carboxylic acids is 1. The summed E-state index contributed by atoms with van der Waals surface area (Å²) < 4.78 is 35.0. The summed E-state index contributed by atoms with van der Waals surface area (Å²) >= 11 is 7.93. The second-order valence-electron chi connectivity index (χ2n) is 17.3. The number of carbonyl (C=O) groups is 1. The Morgan fingerprint density at radius 1 is 0.954 bits per heavy atom. The van der Waals surface area contributed by atoms with Crippen LogP contribution in [0.2, 0.25) is 5.02 Å². The minimum atomic E-state index is -1.14. The van der Waals surface area contributed by atoms with Crippen molar-refractivity contribution in [1.82, 2.24) is 37.6 Å². The smallest absolute Gasteiger partial charge is 0.352 e. The molecule has 1 saturated heterocycles. The van der Waals surface area contributed by atoms with Crippen LogP contribution in [0.15, 0.2) is 59.5 Å². The van der Waals surface area contributed by atoms with Crippen LogP contribution in [-0.4, -0.2) is 113 Å². The van der Waals surface area contributed by atoms with Crippen LogP contribution in [0, 0.1) is 0 Å². The molecule has 0 radical (unpaired) electrons. The lowest BCUT2D eigenvalue weighted by Crippen LogP contribution is -2.49. The minimum absolute atomic E-state index is 0.148. The second kappa shape index (κ2) is 19.1. The number of anilines is 2. The Labute approximate surface area is 391 Å². The van der Waals surface area contributed by atoms with E-state index in [1.807, 2.05) is 73.2 Å². The molecule has 1 fully saturated rings. The third-order valence-electron chi connectivity index (χ3n) is 12.6. The largest absolute Gasteiger partial charge is 0.491 e. The number of halogens is 1. The van der Waals surface area contributed by atoms with Gasteiger partial charge in [-0.15, -0.1) is 11.8 Å². The number of benzene rings is 3. The van der Waals surface area contributed by atoms with Gasteiger partial charge in [0.15, 0.2) is 11.2 Å². The van der Waals surface area contributed by atoms with Crippen molar-refractivity contribution in [1.29, 1.82) is 0 Å². The second-order valence-corrected chi connectivity index (χ2v) is 20.5. The molecule has 65 heavy (non-hydrogen) atoms. The normalized spacial score (nSPS) is 17.0. The molecule has 15 nitrogen and oxygen atoms in total. The van der Waals surface area contributed by atoms with Crippen LogP contribution in [0.1, 0.15) is 57.2 Å². The Balaban J connectivity index is 1.07. The first-order chi connectivity index (χ1) is 31.3. The molecule has 1 unspecified atom stereocenters. The first-order valence-corrected chi connectivity index (χ1v) is 24.5. The maximum absolute atomic E-state index is 13.2. The fraction of sp³-hybridized carbons (Fsp3) is 0.426. The Morgan fingerprint density at radius 3 is 2.49 bits per heavy atom. The molecule has 0 saturated carbocycles. The molecule has 8 bridgehead atoms. The van der Waals surface area contributed by atoms with Crippen LogP contribution >= 0.6 is 23.4 Å². The van der Waals surface area contributed by atoms with Crippen LogP contribution in [0.5, 0.6) is 11.5 Å². The number of hydrogen-bond donors (Lipinski definition) is 2. The van der Waals surface area contributed by atoms with Crippen LogP contribution in [0.3, 0.4) is 0 Å². The highest BCUT2D eigenvalue weighted by molar-refractivity contribution is 7.98. The van der Waals surface area contributed by atoms with Crippen molar-refractivity contribution in [2.24, 2.45) is 21.1 Å². The Bertz CT molecular complexity index is 2760. The number of thioether (sulfide) groups is 1. The average molecular weight is 942 g/mol.